The minimum absolute atomic E-state index is 0.303. The van der Waals surface area contributed by atoms with Crippen molar-refractivity contribution < 1.29 is 9.59 Å². The molecule has 0 bridgehead atoms. The molecule has 0 radical (unpaired) electrons. The summed E-state index contributed by atoms with van der Waals surface area (Å²) < 4.78 is 1.84. The van der Waals surface area contributed by atoms with Crippen LogP contribution in [0.2, 0.25) is 0 Å². The van der Waals surface area contributed by atoms with E-state index in [-0.39, 0.29) is 11.8 Å². The van der Waals surface area contributed by atoms with Crippen molar-refractivity contribution in [1.29, 1.82) is 0 Å². The Kier molecular flexibility index (Phi) is 5.03. The van der Waals surface area contributed by atoms with Gasteiger partial charge in [-0.25, -0.2) is 14.6 Å². The molecule has 2 amide bonds. The summed E-state index contributed by atoms with van der Waals surface area (Å²) in [6.07, 6.45) is 5.47. The van der Waals surface area contributed by atoms with Crippen LogP contribution in [0.5, 0.6) is 0 Å². The standard InChI is InChI=1S/C28H23N5O2/c1-2-3-16-32-26-20(13-9-15-29-26)25(31-32)24-23(21-17-30-22-14-8-7-12-19(21)22)27(34)33(28(24)35)18-10-5-4-6-11-18/h4-15,17,30H,2-3,16H2,1H3. The van der Waals surface area contributed by atoms with Crippen LogP contribution in [-0.4, -0.2) is 31.6 Å². The number of aryl methyl sites for hydroxylation is 1. The molecular formula is C28H23N5O2. The number of pyridine rings is 1. The highest BCUT2D eigenvalue weighted by atomic mass is 16.2. The van der Waals surface area contributed by atoms with Gasteiger partial charge in [-0.15, -0.1) is 0 Å². The number of rotatable bonds is 6. The first kappa shape index (κ1) is 21.0. The van der Waals surface area contributed by atoms with E-state index in [4.69, 9.17) is 5.10 Å². The lowest BCUT2D eigenvalue weighted by molar-refractivity contribution is -0.119. The highest BCUT2D eigenvalue weighted by molar-refractivity contribution is 6.58. The summed E-state index contributed by atoms with van der Waals surface area (Å²) in [7, 11) is 0. The van der Waals surface area contributed by atoms with E-state index in [0.717, 1.165) is 29.1 Å². The Balaban J connectivity index is 1.64. The van der Waals surface area contributed by atoms with Crippen LogP contribution >= 0.6 is 0 Å². The number of anilines is 1. The third-order valence-corrected chi connectivity index (χ3v) is 6.42. The van der Waals surface area contributed by atoms with Gasteiger partial charge in [0.1, 0.15) is 5.69 Å². The molecule has 35 heavy (non-hydrogen) atoms. The van der Waals surface area contributed by atoms with Crippen LogP contribution in [0.4, 0.5) is 5.69 Å². The second kappa shape index (κ2) is 8.36. The average Bonchev–Trinajstić information content (AvgIpc) is 3.55. The Bertz CT molecular complexity index is 1630. The van der Waals surface area contributed by atoms with Gasteiger partial charge in [0.05, 0.1) is 16.8 Å². The van der Waals surface area contributed by atoms with Gasteiger partial charge in [0.25, 0.3) is 11.8 Å². The Labute approximate surface area is 201 Å². The van der Waals surface area contributed by atoms with Gasteiger partial charge in [-0.05, 0) is 36.8 Å². The third kappa shape index (κ3) is 3.27. The maximum Gasteiger partial charge on any atom is 0.268 e. The first-order valence-electron chi connectivity index (χ1n) is 11.8. The second-order valence-corrected chi connectivity index (χ2v) is 8.58. The molecule has 0 saturated heterocycles. The monoisotopic (exact) mass is 461 g/mol. The van der Waals surface area contributed by atoms with Crippen LogP contribution < -0.4 is 4.90 Å². The molecule has 0 spiro atoms. The Hall–Kier alpha value is -4.52. The Morgan fingerprint density at radius 2 is 1.60 bits per heavy atom. The number of unbranched alkanes of at least 4 members (excludes halogenated alkanes) is 1. The van der Waals surface area contributed by atoms with Crippen molar-refractivity contribution >= 4 is 50.6 Å². The fourth-order valence-electron chi connectivity index (χ4n) is 4.75. The summed E-state index contributed by atoms with van der Waals surface area (Å²) in [5.41, 5.74) is 3.96. The van der Waals surface area contributed by atoms with Crippen LogP contribution in [-0.2, 0) is 16.1 Å². The topological polar surface area (TPSA) is 83.9 Å². The number of fused-ring (bicyclic) bond motifs is 2. The second-order valence-electron chi connectivity index (χ2n) is 8.58. The maximum absolute atomic E-state index is 14.0. The molecule has 0 fully saturated rings. The largest absolute Gasteiger partial charge is 0.361 e. The number of amides is 2. The molecule has 1 N–H and O–H groups in total. The molecule has 5 aromatic rings. The number of hydrogen-bond donors (Lipinski definition) is 1. The number of imide groups is 1. The SMILES string of the molecule is CCCCn1nc(C2=C(c3c[nH]c4ccccc34)C(=O)N(c3ccccc3)C2=O)c2cccnc21. The number of aromatic amines is 1. The van der Waals surface area contributed by atoms with Gasteiger partial charge < -0.3 is 4.98 Å². The van der Waals surface area contributed by atoms with E-state index in [0.29, 0.717) is 40.3 Å². The van der Waals surface area contributed by atoms with Crippen LogP contribution in [0.15, 0.2) is 79.1 Å². The zero-order chi connectivity index (χ0) is 23.9. The number of hydrogen-bond acceptors (Lipinski definition) is 4. The molecule has 172 valence electrons. The number of benzene rings is 2. The van der Waals surface area contributed by atoms with E-state index >= 15 is 0 Å². The minimum Gasteiger partial charge on any atom is -0.361 e. The summed E-state index contributed by atoms with van der Waals surface area (Å²) in [5, 5.41) is 6.48. The number of nitrogens with one attached hydrogen (secondary N) is 1. The van der Waals surface area contributed by atoms with Gasteiger partial charge in [0.15, 0.2) is 5.65 Å². The molecule has 3 aromatic heterocycles. The highest BCUT2D eigenvalue weighted by Crippen LogP contribution is 2.41. The Morgan fingerprint density at radius 3 is 2.43 bits per heavy atom. The predicted molar refractivity (Wildman–Crippen MR) is 136 cm³/mol. The highest BCUT2D eigenvalue weighted by Gasteiger charge is 2.43. The molecule has 7 heteroatoms. The van der Waals surface area contributed by atoms with Crippen LogP contribution in [0, 0.1) is 0 Å². The molecule has 0 saturated carbocycles. The number of H-pyrrole nitrogens is 1. The van der Waals surface area contributed by atoms with E-state index in [2.05, 4.69) is 16.9 Å². The van der Waals surface area contributed by atoms with Crippen LogP contribution in [0.1, 0.15) is 31.0 Å². The van der Waals surface area contributed by atoms with Crippen molar-refractivity contribution in [2.75, 3.05) is 4.90 Å². The zero-order valence-corrected chi connectivity index (χ0v) is 19.2. The lowest BCUT2D eigenvalue weighted by atomic mass is 9.98. The third-order valence-electron chi connectivity index (χ3n) is 6.42. The first-order valence-corrected chi connectivity index (χ1v) is 11.8. The number of aromatic nitrogens is 4. The Morgan fingerprint density at radius 1 is 0.857 bits per heavy atom. The van der Waals surface area contributed by atoms with Crippen molar-refractivity contribution in [3.8, 4) is 0 Å². The fraction of sp³-hybridized carbons (Fsp3) is 0.143. The molecule has 1 aliphatic rings. The van der Waals surface area contributed by atoms with Crippen LogP contribution in [0.3, 0.4) is 0 Å². The summed E-state index contributed by atoms with van der Waals surface area (Å²) in [6, 6.07) is 20.5. The van der Waals surface area contributed by atoms with E-state index in [1.54, 1.807) is 24.5 Å². The summed E-state index contributed by atoms with van der Waals surface area (Å²) in [6.45, 7) is 2.80. The van der Waals surface area contributed by atoms with Crippen molar-refractivity contribution in [2.45, 2.75) is 26.3 Å². The number of nitrogens with zero attached hydrogens (tertiary/aromatic N) is 4. The molecule has 7 nitrogen and oxygen atoms in total. The predicted octanol–water partition coefficient (Wildman–Crippen LogP) is 5.20. The van der Waals surface area contributed by atoms with E-state index < -0.39 is 0 Å². The first-order chi connectivity index (χ1) is 17.2. The van der Waals surface area contributed by atoms with E-state index in [1.807, 2.05) is 59.3 Å². The van der Waals surface area contributed by atoms with E-state index in [1.165, 1.54) is 4.90 Å². The van der Waals surface area contributed by atoms with Crippen LogP contribution in [0.25, 0.3) is 33.1 Å². The summed E-state index contributed by atoms with van der Waals surface area (Å²) in [4.78, 5) is 37.0. The smallest absolute Gasteiger partial charge is 0.268 e. The van der Waals surface area contributed by atoms with Crippen molar-refractivity contribution in [1.82, 2.24) is 19.7 Å². The number of carbonyl (C=O) groups excluding carboxylic acids is 2. The molecule has 0 aliphatic carbocycles. The van der Waals surface area contributed by atoms with Gasteiger partial charge in [-0.2, -0.15) is 5.10 Å². The molecule has 4 heterocycles. The summed E-state index contributed by atoms with van der Waals surface area (Å²) >= 11 is 0. The summed E-state index contributed by atoms with van der Waals surface area (Å²) in [5.74, 6) is -0.742. The lowest BCUT2D eigenvalue weighted by Crippen LogP contribution is -2.31. The van der Waals surface area contributed by atoms with Crippen molar-refractivity contribution in [3.63, 3.8) is 0 Å². The van der Waals surface area contributed by atoms with Gasteiger partial charge >= 0.3 is 0 Å². The molecule has 0 unspecified atom stereocenters. The average molecular weight is 462 g/mol. The molecule has 1 aliphatic heterocycles. The van der Waals surface area contributed by atoms with Crippen molar-refractivity contribution in [2.24, 2.45) is 0 Å². The maximum atomic E-state index is 14.0. The molecule has 2 aromatic carbocycles. The van der Waals surface area contributed by atoms with Gasteiger partial charge in [-0.3, -0.25) is 9.59 Å². The van der Waals surface area contributed by atoms with Gasteiger partial charge in [0, 0.05) is 40.8 Å². The molecular weight excluding hydrogens is 438 g/mol. The zero-order valence-electron chi connectivity index (χ0n) is 19.2. The van der Waals surface area contributed by atoms with Gasteiger partial charge in [-0.1, -0.05) is 49.7 Å². The number of carbonyl (C=O) groups is 2. The molecule has 6 rings (SSSR count). The molecule has 0 atom stereocenters. The quantitative estimate of drug-likeness (QED) is 0.353. The fourth-order valence-corrected chi connectivity index (χ4v) is 4.75. The minimum atomic E-state index is -0.382. The number of para-hydroxylation sites is 2. The van der Waals surface area contributed by atoms with E-state index in [9.17, 15) is 9.59 Å². The van der Waals surface area contributed by atoms with Gasteiger partial charge in [0.2, 0.25) is 0 Å². The lowest BCUT2D eigenvalue weighted by Gasteiger charge is -2.14. The van der Waals surface area contributed by atoms with Crippen molar-refractivity contribution in [3.05, 3.63) is 90.4 Å². The normalized spacial score (nSPS) is 14.1.